The van der Waals surface area contributed by atoms with Gasteiger partial charge in [0.1, 0.15) is 102 Å². The van der Waals surface area contributed by atoms with E-state index in [2.05, 4.69) is 0 Å². The summed E-state index contributed by atoms with van der Waals surface area (Å²) >= 11 is 0. The van der Waals surface area contributed by atoms with Crippen LogP contribution in [0.15, 0.2) is 45.6 Å². The number of hydrogen-bond donors (Lipinski definition) is 12. The van der Waals surface area contributed by atoms with Crippen molar-refractivity contribution in [2.24, 2.45) is 0 Å². The first-order valence-electron chi connectivity index (χ1n) is 17.4. The molecule has 22 nitrogen and oxygen atoms in total. The maximum Gasteiger partial charge on any atom is 0.302 e. The molecule has 15 unspecified atom stereocenters. The number of rotatable bonds is 11. The third-order valence-corrected chi connectivity index (χ3v) is 9.61. The summed E-state index contributed by atoms with van der Waals surface area (Å²) in [5.41, 5.74) is -1.42. The number of hydrogen-bond acceptors (Lipinski definition) is 22. The standard InChI is InChI=1S/C35H42O22/c1-11(38)50-10-19-23(43)26(46)29(49)34(55-19)57-32-27(47)22(42)18(9-37)54-35(32)56-31-24(44)20-15(40)6-14(51-33-28(48)25(45)21(41)17(8-36)53-33)7-16(20)52-30(31)12-2-4-13(39)5-3-12/h2-7,17-19,21-23,25-29,32-37,39-43,45-49H,8-10H2,1H3. The predicted molar refractivity (Wildman–Crippen MR) is 182 cm³/mol. The number of aromatic hydroxyl groups is 2. The van der Waals surface area contributed by atoms with Gasteiger partial charge in [-0.1, -0.05) is 0 Å². The summed E-state index contributed by atoms with van der Waals surface area (Å²) in [6, 6.07) is 7.03. The van der Waals surface area contributed by atoms with E-state index in [1.807, 2.05) is 0 Å². The number of aliphatic hydroxyl groups is 10. The lowest BCUT2D eigenvalue weighted by molar-refractivity contribution is -0.358. The summed E-state index contributed by atoms with van der Waals surface area (Å²) in [6.45, 7) is -1.20. The number of fused-ring (bicyclic) bond motifs is 1. The molecule has 6 rings (SSSR count). The maximum atomic E-state index is 14.3. The summed E-state index contributed by atoms with van der Waals surface area (Å²) in [5, 5.41) is 124. The zero-order valence-corrected chi connectivity index (χ0v) is 29.7. The number of ether oxygens (including phenoxy) is 7. The highest BCUT2D eigenvalue weighted by Gasteiger charge is 2.52. The smallest absolute Gasteiger partial charge is 0.302 e. The summed E-state index contributed by atoms with van der Waals surface area (Å²) in [4.78, 5) is 25.7. The molecule has 3 fully saturated rings. The van der Waals surface area contributed by atoms with Crippen LogP contribution in [0.1, 0.15) is 6.92 Å². The Morgan fingerprint density at radius 3 is 1.86 bits per heavy atom. The number of carbonyl (C=O) groups excluding carboxylic acids is 1. The Bertz CT molecular complexity index is 1920. The second-order valence-electron chi connectivity index (χ2n) is 13.5. The monoisotopic (exact) mass is 814 g/mol. The molecule has 0 bridgehead atoms. The lowest BCUT2D eigenvalue weighted by atomic mass is 9.97. The first-order chi connectivity index (χ1) is 27.0. The molecule has 4 heterocycles. The van der Waals surface area contributed by atoms with E-state index in [0.29, 0.717) is 0 Å². The van der Waals surface area contributed by atoms with Gasteiger partial charge in [0.25, 0.3) is 0 Å². The fraction of sp³-hybridized carbons (Fsp3) is 0.543. The van der Waals surface area contributed by atoms with E-state index in [0.717, 1.165) is 19.1 Å². The minimum Gasteiger partial charge on any atom is -0.508 e. The van der Waals surface area contributed by atoms with Gasteiger partial charge in [-0.05, 0) is 24.3 Å². The second-order valence-corrected chi connectivity index (χ2v) is 13.5. The fourth-order valence-electron chi connectivity index (χ4n) is 6.47. The Morgan fingerprint density at radius 2 is 1.25 bits per heavy atom. The number of phenolic OH excluding ortho intramolecular Hbond substituents is 2. The van der Waals surface area contributed by atoms with E-state index in [9.17, 15) is 70.9 Å². The Labute approximate surface area is 320 Å². The van der Waals surface area contributed by atoms with E-state index < -0.39 is 146 Å². The molecule has 15 atom stereocenters. The zero-order chi connectivity index (χ0) is 41.5. The number of phenols is 2. The minimum absolute atomic E-state index is 0.0607. The van der Waals surface area contributed by atoms with Crippen LogP contribution in [0, 0.1) is 0 Å². The normalized spacial score (nSPS) is 35.8. The number of benzene rings is 2. The zero-order valence-electron chi connectivity index (χ0n) is 29.7. The highest BCUT2D eigenvalue weighted by atomic mass is 16.8. The summed E-state index contributed by atoms with van der Waals surface area (Å²) in [6.07, 6.45) is -27.0. The average Bonchev–Trinajstić information content (AvgIpc) is 3.18. The van der Waals surface area contributed by atoms with Crippen LogP contribution in [0.3, 0.4) is 0 Å². The van der Waals surface area contributed by atoms with Crippen LogP contribution >= 0.6 is 0 Å². The van der Waals surface area contributed by atoms with Gasteiger partial charge in [-0.25, -0.2) is 0 Å². The predicted octanol–water partition coefficient (Wildman–Crippen LogP) is -4.38. The van der Waals surface area contributed by atoms with E-state index in [4.69, 9.17) is 37.6 Å². The molecular formula is C35H42O22. The Morgan fingerprint density at radius 1 is 0.684 bits per heavy atom. The van der Waals surface area contributed by atoms with Crippen molar-refractivity contribution in [2.45, 2.75) is 99.0 Å². The topological polar surface area (TPSA) is 355 Å². The Balaban J connectivity index is 1.39. The molecule has 0 aliphatic carbocycles. The molecule has 3 aliphatic heterocycles. The molecule has 0 radical (unpaired) electrons. The summed E-state index contributed by atoms with van der Waals surface area (Å²) in [7, 11) is 0. The maximum absolute atomic E-state index is 14.3. The van der Waals surface area contributed by atoms with E-state index >= 15 is 0 Å². The molecule has 0 spiro atoms. The molecule has 3 aliphatic rings. The van der Waals surface area contributed by atoms with Gasteiger partial charge in [-0.15, -0.1) is 0 Å². The van der Waals surface area contributed by atoms with Crippen LogP contribution in [-0.4, -0.2) is 179 Å². The highest BCUT2D eigenvalue weighted by molar-refractivity contribution is 5.88. The molecule has 1 aromatic heterocycles. The van der Waals surface area contributed by atoms with Gasteiger partial charge in [-0.2, -0.15) is 0 Å². The first-order valence-corrected chi connectivity index (χ1v) is 17.4. The first kappa shape index (κ1) is 42.4. The van der Waals surface area contributed by atoms with Crippen molar-refractivity contribution < 1.29 is 104 Å². The highest BCUT2D eigenvalue weighted by Crippen LogP contribution is 2.39. The van der Waals surface area contributed by atoms with Crippen LogP contribution in [0.5, 0.6) is 23.0 Å². The largest absolute Gasteiger partial charge is 0.508 e. The van der Waals surface area contributed by atoms with Gasteiger partial charge in [0.2, 0.25) is 23.8 Å². The Kier molecular flexibility index (Phi) is 12.9. The third kappa shape index (κ3) is 8.50. The van der Waals surface area contributed by atoms with E-state index in [-0.39, 0.29) is 22.6 Å². The van der Waals surface area contributed by atoms with Crippen molar-refractivity contribution in [3.63, 3.8) is 0 Å². The molecule has 2 aromatic carbocycles. The van der Waals surface area contributed by atoms with Crippen LogP contribution in [0.25, 0.3) is 22.3 Å². The van der Waals surface area contributed by atoms with Gasteiger partial charge in [0, 0.05) is 24.6 Å². The molecule has 3 saturated heterocycles. The lowest BCUT2D eigenvalue weighted by Gasteiger charge is -2.45. The molecule has 314 valence electrons. The number of esters is 1. The summed E-state index contributed by atoms with van der Waals surface area (Å²) in [5.74, 6) is -3.21. The molecule has 3 aromatic rings. The quantitative estimate of drug-likeness (QED) is 0.0813. The third-order valence-electron chi connectivity index (χ3n) is 9.61. The SMILES string of the molecule is CC(=O)OCC1OC(OC2C(Oc3c(-c4ccc(O)cc4)oc4cc(OC5OC(CO)C(O)C(O)C5O)cc(O)c4c3=O)OC(CO)C(O)C2O)C(O)C(O)C1O. The molecule has 57 heavy (non-hydrogen) atoms. The summed E-state index contributed by atoms with van der Waals surface area (Å²) < 4.78 is 44.9. The van der Waals surface area contributed by atoms with Gasteiger partial charge in [0.15, 0.2) is 18.2 Å². The van der Waals surface area contributed by atoms with E-state index in [1.165, 1.54) is 24.3 Å². The molecule has 22 heteroatoms. The van der Waals surface area contributed by atoms with Gasteiger partial charge in [-0.3, -0.25) is 9.59 Å². The minimum atomic E-state index is -2.03. The van der Waals surface area contributed by atoms with Crippen LogP contribution in [-0.2, 0) is 28.5 Å². The Hall–Kier alpha value is -4.24. The van der Waals surface area contributed by atoms with Gasteiger partial charge in [0.05, 0.1) is 13.2 Å². The molecular weight excluding hydrogens is 772 g/mol. The van der Waals surface area contributed by atoms with Crippen LogP contribution in [0.2, 0.25) is 0 Å². The van der Waals surface area contributed by atoms with Crippen molar-refractivity contribution >= 4 is 16.9 Å². The number of aliphatic hydroxyl groups excluding tert-OH is 10. The molecule has 0 amide bonds. The van der Waals surface area contributed by atoms with Gasteiger partial charge >= 0.3 is 5.97 Å². The second kappa shape index (κ2) is 17.3. The average molecular weight is 815 g/mol. The van der Waals surface area contributed by atoms with E-state index in [1.54, 1.807) is 0 Å². The van der Waals surface area contributed by atoms with Crippen molar-refractivity contribution in [3.8, 4) is 34.3 Å². The number of carbonyl (C=O) groups is 1. The van der Waals surface area contributed by atoms with Gasteiger partial charge < -0.3 is 98.9 Å². The van der Waals surface area contributed by atoms with Crippen LogP contribution in [0.4, 0.5) is 0 Å². The lowest BCUT2D eigenvalue weighted by Crippen LogP contribution is -2.65. The van der Waals surface area contributed by atoms with Crippen molar-refractivity contribution in [1.82, 2.24) is 0 Å². The van der Waals surface area contributed by atoms with Crippen LogP contribution < -0.4 is 14.9 Å². The molecule has 0 saturated carbocycles. The fourth-order valence-corrected chi connectivity index (χ4v) is 6.47. The molecule has 12 N–H and O–H groups in total. The van der Waals surface area contributed by atoms with Crippen molar-refractivity contribution in [1.29, 1.82) is 0 Å². The van der Waals surface area contributed by atoms with Crippen molar-refractivity contribution in [3.05, 3.63) is 46.6 Å². The van der Waals surface area contributed by atoms with Crippen molar-refractivity contribution in [2.75, 3.05) is 19.8 Å².